The van der Waals surface area contributed by atoms with Gasteiger partial charge in [-0.3, -0.25) is 9.59 Å². The summed E-state index contributed by atoms with van der Waals surface area (Å²) in [5.41, 5.74) is 4.00. The van der Waals surface area contributed by atoms with E-state index in [9.17, 15) is 14.0 Å². The molecule has 33 heavy (non-hydrogen) atoms. The molecular weight excluding hydrogens is 419 g/mol. The van der Waals surface area contributed by atoms with Gasteiger partial charge in [0, 0.05) is 30.9 Å². The Morgan fingerprint density at radius 3 is 2.33 bits per heavy atom. The topological polar surface area (TPSA) is 68.4 Å². The van der Waals surface area contributed by atoms with Gasteiger partial charge >= 0.3 is 0 Å². The van der Waals surface area contributed by atoms with Crippen molar-refractivity contribution in [3.63, 3.8) is 0 Å². The average Bonchev–Trinajstić information content (AvgIpc) is 3.24. The summed E-state index contributed by atoms with van der Waals surface area (Å²) in [5, 5.41) is 7.42. The summed E-state index contributed by atoms with van der Waals surface area (Å²) < 4.78 is 16.2. The second-order valence-corrected chi connectivity index (χ2v) is 8.52. The van der Waals surface area contributed by atoms with Crippen LogP contribution in [0.1, 0.15) is 50.3 Å². The zero-order valence-corrected chi connectivity index (χ0v) is 19.0. The molecule has 6 nitrogen and oxygen atoms in total. The summed E-state index contributed by atoms with van der Waals surface area (Å²) in [4.78, 5) is 25.3. The van der Waals surface area contributed by atoms with Crippen LogP contribution in [0.5, 0.6) is 0 Å². The quantitative estimate of drug-likeness (QED) is 0.448. The van der Waals surface area contributed by atoms with Crippen LogP contribution in [0.15, 0.2) is 71.8 Å². The second-order valence-electron chi connectivity index (χ2n) is 8.52. The third kappa shape index (κ3) is 5.03. The molecule has 2 heterocycles. The highest BCUT2D eigenvalue weighted by atomic mass is 19.1. The first-order valence-electron chi connectivity index (χ1n) is 11.1. The Morgan fingerprint density at radius 1 is 1.00 bits per heavy atom. The van der Waals surface area contributed by atoms with Crippen LogP contribution in [0.25, 0.3) is 16.8 Å². The Balaban J connectivity index is 1.45. The maximum atomic E-state index is 13.1. The summed E-state index contributed by atoms with van der Waals surface area (Å²) in [6, 6.07) is 15.7. The maximum Gasteiger partial charge on any atom is 0.276 e. The van der Waals surface area contributed by atoms with Gasteiger partial charge in [-0.05, 0) is 42.2 Å². The van der Waals surface area contributed by atoms with Gasteiger partial charge in [0.1, 0.15) is 11.3 Å². The predicted octanol–water partition coefficient (Wildman–Crippen LogP) is 4.69. The molecule has 1 atom stereocenters. The number of carbonyl (C=O) groups excluding carboxylic acids is 1. The van der Waals surface area contributed by atoms with Crippen LogP contribution < -0.4 is 10.9 Å². The lowest BCUT2D eigenvalue weighted by molar-refractivity contribution is -0.121. The number of fused-ring (bicyclic) bond motifs is 1. The van der Waals surface area contributed by atoms with E-state index in [1.807, 2.05) is 19.1 Å². The molecule has 0 fully saturated rings. The first-order chi connectivity index (χ1) is 15.8. The molecule has 1 N–H and O–H groups in total. The van der Waals surface area contributed by atoms with Crippen molar-refractivity contribution in [3.05, 3.63) is 94.3 Å². The smallest absolute Gasteiger partial charge is 0.276 e. The van der Waals surface area contributed by atoms with Crippen LogP contribution >= 0.6 is 0 Å². The molecule has 170 valence electrons. The van der Waals surface area contributed by atoms with E-state index in [-0.39, 0.29) is 36.3 Å². The summed E-state index contributed by atoms with van der Waals surface area (Å²) >= 11 is 0. The van der Waals surface area contributed by atoms with Crippen molar-refractivity contribution >= 4 is 11.4 Å². The van der Waals surface area contributed by atoms with Gasteiger partial charge in [-0.1, -0.05) is 50.2 Å². The maximum absolute atomic E-state index is 13.1. The van der Waals surface area contributed by atoms with Crippen LogP contribution in [-0.4, -0.2) is 20.1 Å². The molecule has 0 saturated carbocycles. The third-order valence-corrected chi connectivity index (χ3v) is 5.80. The molecular formula is C26H27FN4O2. The third-order valence-electron chi connectivity index (χ3n) is 5.80. The number of halogens is 1. The second kappa shape index (κ2) is 9.40. The van der Waals surface area contributed by atoms with Crippen LogP contribution in [0.3, 0.4) is 0 Å². The number of hydrogen-bond acceptors (Lipinski definition) is 3. The van der Waals surface area contributed by atoms with Gasteiger partial charge in [0.25, 0.3) is 5.56 Å². The minimum atomic E-state index is -0.317. The molecule has 4 rings (SSSR count). The number of amides is 1. The van der Waals surface area contributed by atoms with E-state index in [4.69, 9.17) is 0 Å². The lowest BCUT2D eigenvalue weighted by Crippen LogP contribution is -2.29. The summed E-state index contributed by atoms with van der Waals surface area (Å²) in [5.74, 6) is -0.0520. The molecule has 4 aromatic rings. The van der Waals surface area contributed by atoms with Crippen molar-refractivity contribution in [1.29, 1.82) is 0 Å². The summed E-state index contributed by atoms with van der Waals surface area (Å²) in [6.45, 7) is 6.38. The number of rotatable bonds is 7. The Labute approximate surface area is 191 Å². The van der Waals surface area contributed by atoms with Crippen LogP contribution in [-0.2, 0) is 11.3 Å². The SMILES string of the molecule is CC(C)c1ccc(-c2cc3c(=O)n(CCC(=O)N[C@@H](C)c4ccc(F)cc4)ccn3n2)cc1. The van der Waals surface area contributed by atoms with E-state index in [1.165, 1.54) is 22.3 Å². The molecule has 2 aromatic carbocycles. The fourth-order valence-corrected chi connectivity index (χ4v) is 3.75. The molecule has 0 saturated heterocycles. The van der Waals surface area contributed by atoms with Crippen LogP contribution in [0.2, 0.25) is 0 Å². The summed E-state index contributed by atoms with van der Waals surface area (Å²) in [6.07, 6.45) is 3.52. The fraction of sp³-hybridized carbons (Fsp3) is 0.269. The highest BCUT2D eigenvalue weighted by Gasteiger charge is 2.13. The first kappa shape index (κ1) is 22.5. The van der Waals surface area contributed by atoms with E-state index in [1.54, 1.807) is 35.1 Å². The van der Waals surface area contributed by atoms with Gasteiger partial charge in [0.05, 0.1) is 11.7 Å². The molecule has 7 heteroatoms. The van der Waals surface area contributed by atoms with Crippen molar-refractivity contribution in [2.24, 2.45) is 0 Å². The van der Waals surface area contributed by atoms with Crippen molar-refractivity contribution in [3.8, 4) is 11.3 Å². The minimum Gasteiger partial charge on any atom is -0.350 e. The van der Waals surface area contributed by atoms with Gasteiger partial charge in [-0.15, -0.1) is 0 Å². The van der Waals surface area contributed by atoms with Crippen LogP contribution in [0, 0.1) is 5.82 Å². The lowest BCUT2D eigenvalue weighted by atomic mass is 10.0. The molecule has 0 unspecified atom stereocenters. The Kier molecular flexibility index (Phi) is 6.40. The van der Waals surface area contributed by atoms with Gasteiger partial charge in [0.15, 0.2) is 0 Å². The Hall–Kier alpha value is -3.74. The van der Waals surface area contributed by atoms with Gasteiger partial charge < -0.3 is 9.88 Å². The van der Waals surface area contributed by atoms with Crippen molar-refractivity contribution in [2.45, 2.75) is 45.7 Å². The van der Waals surface area contributed by atoms with E-state index in [2.05, 4.69) is 36.4 Å². The molecule has 0 radical (unpaired) electrons. The van der Waals surface area contributed by atoms with E-state index >= 15 is 0 Å². The number of aryl methyl sites for hydroxylation is 1. The van der Waals surface area contributed by atoms with Gasteiger partial charge in [-0.2, -0.15) is 5.10 Å². The molecule has 0 aliphatic rings. The predicted molar refractivity (Wildman–Crippen MR) is 127 cm³/mol. The van der Waals surface area contributed by atoms with E-state index < -0.39 is 0 Å². The molecule has 0 bridgehead atoms. The average molecular weight is 447 g/mol. The van der Waals surface area contributed by atoms with Crippen molar-refractivity contribution in [1.82, 2.24) is 19.5 Å². The van der Waals surface area contributed by atoms with Crippen molar-refractivity contribution < 1.29 is 9.18 Å². The first-order valence-corrected chi connectivity index (χ1v) is 11.1. The number of nitrogens with zero attached hydrogens (tertiary/aromatic N) is 3. The lowest BCUT2D eigenvalue weighted by Gasteiger charge is -2.14. The normalized spacial score (nSPS) is 12.3. The van der Waals surface area contributed by atoms with Crippen molar-refractivity contribution in [2.75, 3.05) is 0 Å². The van der Waals surface area contributed by atoms with E-state index in [0.717, 1.165) is 16.8 Å². The number of carbonyl (C=O) groups is 1. The standard InChI is InChI=1S/C26H27FN4O2/c1-17(2)19-4-6-21(7-5-19)23-16-24-26(33)30(14-15-31(24)29-23)13-12-25(32)28-18(3)20-8-10-22(27)11-9-20/h4-11,14-18H,12-13H2,1-3H3,(H,28,32)/t18-/m0/s1. The minimum absolute atomic E-state index is 0.152. The molecule has 0 aliphatic heterocycles. The molecule has 0 spiro atoms. The largest absolute Gasteiger partial charge is 0.350 e. The monoisotopic (exact) mass is 446 g/mol. The molecule has 0 aliphatic carbocycles. The number of hydrogen-bond donors (Lipinski definition) is 1. The molecule has 1 amide bonds. The van der Waals surface area contributed by atoms with Gasteiger partial charge in [0.2, 0.25) is 5.91 Å². The van der Waals surface area contributed by atoms with Crippen LogP contribution in [0.4, 0.5) is 4.39 Å². The number of benzene rings is 2. The highest BCUT2D eigenvalue weighted by Crippen LogP contribution is 2.22. The zero-order valence-electron chi connectivity index (χ0n) is 19.0. The highest BCUT2D eigenvalue weighted by molar-refractivity contribution is 5.76. The number of aromatic nitrogens is 3. The Bertz CT molecular complexity index is 1320. The summed E-state index contributed by atoms with van der Waals surface area (Å²) in [7, 11) is 0. The Morgan fingerprint density at radius 2 is 1.67 bits per heavy atom. The molecule has 2 aromatic heterocycles. The fourth-order valence-electron chi connectivity index (χ4n) is 3.75. The number of nitrogens with one attached hydrogen (secondary N) is 1. The van der Waals surface area contributed by atoms with E-state index in [0.29, 0.717) is 11.4 Å². The van der Waals surface area contributed by atoms with Gasteiger partial charge in [-0.25, -0.2) is 8.91 Å². The zero-order chi connectivity index (χ0) is 23.5.